The number of halogens is 3. The van der Waals surface area contributed by atoms with E-state index in [1.54, 1.807) is 18.2 Å². The molecule has 0 saturated heterocycles. The molecule has 158 valence electrons. The number of benzene rings is 2. The van der Waals surface area contributed by atoms with Gasteiger partial charge in [0.1, 0.15) is 5.75 Å². The first-order valence-corrected chi connectivity index (χ1v) is 10.0. The summed E-state index contributed by atoms with van der Waals surface area (Å²) in [5.41, 5.74) is 1.02. The monoisotopic (exact) mass is 417 g/mol. The predicted molar refractivity (Wildman–Crippen MR) is 108 cm³/mol. The largest absolute Gasteiger partial charge is 0.490 e. The molecule has 0 aliphatic heterocycles. The smallest absolute Gasteiger partial charge is 0.416 e. The highest BCUT2D eigenvalue weighted by Crippen LogP contribution is 2.37. The first-order chi connectivity index (χ1) is 14.3. The van der Waals surface area contributed by atoms with Gasteiger partial charge in [0.05, 0.1) is 23.8 Å². The summed E-state index contributed by atoms with van der Waals surface area (Å²) >= 11 is 0. The number of hydrogen-bond donors (Lipinski definition) is 2. The zero-order chi connectivity index (χ0) is 21.3. The molecule has 1 saturated carbocycles. The summed E-state index contributed by atoms with van der Waals surface area (Å²) in [6, 6.07) is 10.3. The van der Waals surface area contributed by atoms with Crippen LogP contribution in [0.4, 0.5) is 13.2 Å². The molecule has 4 nitrogen and oxygen atoms in total. The van der Waals surface area contributed by atoms with E-state index in [0.717, 1.165) is 37.8 Å². The van der Waals surface area contributed by atoms with Crippen molar-refractivity contribution in [3.8, 4) is 17.0 Å². The fourth-order valence-electron chi connectivity index (χ4n) is 4.11. The van der Waals surface area contributed by atoms with E-state index in [4.69, 9.17) is 4.74 Å². The van der Waals surface area contributed by atoms with Crippen molar-refractivity contribution in [3.05, 3.63) is 53.6 Å². The van der Waals surface area contributed by atoms with Crippen molar-refractivity contribution in [2.24, 2.45) is 0 Å². The van der Waals surface area contributed by atoms with Gasteiger partial charge in [0, 0.05) is 10.9 Å². The molecule has 1 aliphatic carbocycles. The molecule has 0 spiro atoms. The minimum absolute atomic E-state index is 0.140. The maximum absolute atomic E-state index is 13.2. The molecule has 0 unspecified atom stereocenters. The van der Waals surface area contributed by atoms with Gasteiger partial charge in [-0.15, -0.1) is 0 Å². The van der Waals surface area contributed by atoms with Gasteiger partial charge in [-0.25, -0.2) is 0 Å². The topological polar surface area (TPSA) is 62.3 Å². The molecule has 3 aromatic rings. The number of carboxylic acids is 1. The second-order valence-corrected chi connectivity index (χ2v) is 7.71. The Morgan fingerprint density at radius 3 is 2.57 bits per heavy atom. The lowest BCUT2D eigenvalue weighted by atomic mass is 9.97. The van der Waals surface area contributed by atoms with Crippen LogP contribution in [0.5, 0.6) is 5.75 Å². The van der Waals surface area contributed by atoms with Gasteiger partial charge in [0.15, 0.2) is 0 Å². The van der Waals surface area contributed by atoms with E-state index in [1.807, 2.05) is 6.07 Å². The number of aromatic nitrogens is 1. The Morgan fingerprint density at radius 2 is 1.87 bits per heavy atom. The molecular formula is C23H22F3NO3. The van der Waals surface area contributed by atoms with E-state index in [2.05, 4.69) is 4.98 Å². The highest BCUT2D eigenvalue weighted by Gasteiger charge is 2.31. The number of nitrogens with one attached hydrogen (secondary N) is 1. The van der Waals surface area contributed by atoms with Gasteiger partial charge in [-0.05, 0) is 67.1 Å². The number of carbonyl (C=O) groups is 1. The van der Waals surface area contributed by atoms with E-state index in [-0.39, 0.29) is 12.5 Å². The van der Waals surface area contributed by atoms with Crippen LogP contribution in [-0.4, -0.2) is 22.2 Å². The van der Waals surface area contributed by atoms with Crippen molar-refractivity contribution in [1.82, 2.24) is 4.98 Å². The van der Waals surface area contributed by atoms with E-state index < -0.39 is 17.7 Å². The van der Waals surface area contributed by atoms with Crippen LogP contribution in [0.3, 0.4) is 0 Å². The molecule has 30 heavy (non-hydrogen) atoms. The molecule has 4 rings (SSSR count). The summed E-state index contributed by atoms with van der Waals surface area (Å²) in [6.07, 6.45) is 0.794. The number of aliphatic carboxylic acids is 1. The Bertz CT molecular complexity index is 1070. The quantitative estimate of drug-likeness (QED) is 0.520. The van der Waals surface area contributed by atoms with Crippen LogP contribution in [0.15, 0.2) is 42.5 Å². The molecule has 0 radical (unpaired) electrons. The van der Waals surface area contributed by atoms with Gasteiger partial charge in [0.2, 0.25) is 0 Å². The number of fused-ring (bicyclic) bond motifs is 1. The molecule has 2 aromatic carbocycles. The first kappa shape index (κ1) is 20.3. The minimum Gasteiger partial charge on any atom is -0.490 e. The summed E-state index contributed by atoms with van der Waals surface area (Å²) in [4.78, 5) is 14.6. The van der Waals surface area contributed by atoms with Gasteiger partial charge in [-0.1, -0.05) is 18.6 Å². The summed E-state index contributed by atoms with van der Waals surface area (Å²) in [7, 11) is 0. The van der Waals surface area contributed by atoms with Crippen LogP contribution in [0, 0.1) is 0 Å². The SMILES string of the molecule is O=C(O)Cc1c(-c2cccc(C(F)(F)F)c2)[nH]c2ccc(OC3CCCCC3)cc12. The zero-order valence-electron chi connectivity index (χ0n) is 16.3. The standard InChI is InChI=1S/C23H22F3NO3/c24-23(25,26)15-6-4-5-14(11-15)22-19(13-21(28)29)18-12-17(9-10-20(18)27-22)30-16-7-2-1-3-8-16/h4-6,9-12,16,27H,1-3,7-8,13H2,(H,28,29). The van der Waals surface area contributed by atoms with E-state index in [1.165, 1.54) is 12.5 Å². The Labute approximate surface area is 171 Å². The number of hydrogen-bond acceptors (Lipinski definition) is 2. The van der Waals surface area contributed by atoms with Crippen LogP contribution in [-0.2, 0) is 17.4 Å². The van der Waals surface area contributed by atoms with Gasteiger partial charge >= 0.3 is 12.1 Å². The fourth-order valence-corrected chi connectivity index (χ4v) is 4.11. The normalized spacial score (nSPS) is 15.4. The third-order valence-electron chi connectivity index (χ3n) is 5.54. The molecule has 1 fully saturated rings. The molecule has 0 bridgehead atoms. The van der Waals surface area contributed by atoms with Gasteiger partial charge in [0.25, 0.3) is 0 Å². The maximum atomic E-state index is 13.2. The van der Waals surface area contributed by atoms with Crippen LogP contribution < -0.4 is 4.74 Å². The highest BCUT2D eigenvalue weighted by atomic mass is 19.4. The third kappa shape index (κ3) is 4.30. The van der Waals surface area contributed by atoms with Crippen LogP contribution in [0.25, 0.3) is 22.2 Å². The molecule has 1 aliphatic rings. The van der Waals surface area contributed by atoms with Crippen molar-refractivity contribution in [1.29, 1.82) is 0 Å². The number of ether oxygens (including phenoxy) is 1. The summed E-state index contributed by atoms with van der Waals surface area (Å²) in [5, 5.41) is 10.1. The Balaban J connectivity index is 1.77. The van der Waals surface area contributed by atoms with Crippen LogP contribution in [0.1, 0.15) is 43.2 Å². The van der Waals surface area contributed by atoms with Crippen molar-refractivity contribution >= 4 is 16.9 Å². The van der Waals surface area contributed by atoms with E-state index >= 15 is 0 Å². The van der Waals surface area contributed by atoms with Crippen LogP contribution in [0.2, 0.25) is 0 Å². The molecule has 2 N–H and O–H groups in total. The number of aromatic amines is 1. The average Bonchev–Trinajstić information content (AvgIpc) is 3.05. The van der Waals surface area contributed by atoms with Crippen molar-refractivity contribution in [3.63, 3.8) is 0 Å². The highest BCUT2D eigenvalue weighted by molar-refractivity contribution is 5.94. The Morgan fingerprint density at radius 1 is 1.10 bits per heavy atom. The minimum atomic E-state index is -4.48. The second-order valence-electron chi connectivity index (χ2n) is 7.71. The van der Waals surface area contributed by atoms with Crippen molar-refractivity contribution in [2.45, 2.75) is 50.8 Å². The summed E-state index contributed by atoms with van der Waals surface area (Å²) < 4.78 is 45.6. The van der Waals surface area contributed by atoms with Crippen molar-refractivity contribution in [2.75, 3.05) is 0 Å². The molecule has 7 heteroatoms. The molecule has 0 atom stereocenters. The van der Waals surface area contributed by atoms with Crippen molar-refractivity contribution < 1.29 is 27.8 Å². The van der Waals surface area contributed by atoms with Gasteiger partial charge < -0.3 is 14.8 Å². The van der Waals surface area contributed by atoms with E-state index in [0.29, 0.717) is 33.5 Å². The number of alkyl halides is 3. The lowest BCUT2D eigenvalue weighted by Gasteiger charge is -2.23. The predicted octanol–water partition coefficient (Wildman–Crippen LogP) is 6.19. The Hall–Kier alpha value is -2.96. The number of carboxylic acid groups (broad SMARTS) is 1. The summed E-state index contributed by atoms with van der Waals surface area (Å²) in [5.74, 6) is -0.404. The first-order valence-electron chi connectivity index (χ1n) is 10.0. The van der Waals surface area contributed by atoms with Gasteiger partial charge in [-0.3, -0.25) is 4.79 Å². The summed E-state index contributed by atoms with van der Waals surface area (Å²) in [6.45, 7) is 0. The second kappa shape index (κ2) is 8.05. The Kier molecular flexibility index (Phi) is 5.45. The lowest BCUT2D eigenvalue weighted by molar-refractivity contribution is -0.138. The molecule has 1 heterocycles. The third-order valence-corrected chi connectivity index (χ3v) is 5.54. The van der Waals surface area contributed by atoms with Crippen LogP contribution >= 0.6 is 0 Å². The fraction of sp³-hybridized carbons (Fsp3) is 0.348. The lowest BCUT2D eigenvalue weighted by Crippen LogP contribution is -2.19. The number of H-pyrrole nitrogens is 1. The molecule has 1 aromatic heterocycles. The average molecular weight is 417 g/mol. The maximum Gasteiger partial charge on any atom is 0.416 e. The molecule has 0 amide bonds. The van der Waals surface area contributed by atoms with E-state index in [9.17, 15) is 23.1 Å². The molecular weight excluding hydrogens is 395 g/mol. The number of rotatable bonds is 5. The zero-order valence-corrected chi connectivity index (χ0v) is 16.3. The van der Waals surface area contributed by atoms with Gasteiger partial charge in [-0.2, -0.15) is 13.2 Å².